The lowest BCUT2D eigenvalue weighted by Gasteiger charge is -2.18. The number of fused-ring (bicyclic) bond motifs is 1. The topological polar surface area (TPSA) is 63.7 Å². The number of hydrogen-bond donors (Lipinski definition) is 0. The summed E-state index contributed by atoms with van der Waals surface area (Å²) in [4.78, 5) is 13.8. The molecule has 3 atom stereocenters. The van der Waals surface area contributed by atoms with Crippen molar-refractivity contribution < 1.29 is 17.9 Å². The van der Waals surface area contributed by atoms with E-state index in [2.05, 4.69) is 0 Å². The second-order valence-electron chi connectivity index (χ2n) is 6.03. The van der Waals surface area contributed by atoms with Crippen LogP contribution in [-0.4, -0.2) is 37.8 Å². The second-order valence-corrected chi connectivity index (χ2v) is 8.94. The van der Waals surface area contributed by atoms with Crippen LogP contribution in [0.2, 0.25) is 0 Å². The average Bonchev–Trinajstić information content (AvgIpc) is 3.04. The number of carbonyl (C=O) groups is 1. The second kappa shape index (κ2) is 6.08. The number of benzene rings is 1. The van der Waals surface area contributed by atoms with Gasteiger partial charge >= 0.3 is 6.09 Å². The van der Waals surface area contributed by atoms with Gasteiger partial charge in [0.2, 0.25) is 9.05 Å². The summed E-state index contributed by atoms with van der Waals surface area (Å²) >= 11 is 0. The highest BCUT2D eigenvalue weighted by molar-refractivity contribution is 8.14. The van der Waals surface area contributed by atoms with Crippen LogP contribution in [0.1, 0.15) is 18.4 Å². The molecule has 0 bridgehead atoms. The van der Waals surface area contributed by atoms with Crippen molar-refractivity contribution in [1.29, 1.82) is 0 Å². The van der Waals surface area contributed by atoms with Gasteiger partial charge in [-0.15, -0.1) is 0 Å². The maximum Gasteiger partial charge on any atom is 0.410 e. The molecule has 120 valence electrons. The van der Waals surface area contributed by atoms with Crippen molar-refractivity contribution in [1.82, 2.24) is 4.90 Å². The standard InChI is InChI=1S/C15H18ClNO4S/c16-22(19,20)14-6-12-8-17(9-13(12)7-14)15(18)21-10-11-4-2-1-3-5-11/h1-5,12-14H,6-10H2/t12-,13+,14?. The molecule has 1 aliphatic heterocycles. The van der Waals surface area contributed by atoms with Crippen molar-refractivity contribution >= 4 is 25.8 Å². The lowest BCUT2D eigenvalue weighted by molar-refractivity contribution is 0.102. The van der Waals surface area contributed by atoms with Crippen LogP contribution in [0.5, 0.6) is 0 Å². The van der Waals surface area contributed by atoms with Gasteiger partial charge in [-0.3, -0.25) is 0 Å². The summed E-state index contributed by atoms with van der Waals surface area (Å²) in [5.74, 6) is 0.422. The molecule has 1 saturated heterocycles. The van der Waals surface area contributed by atoms with Gasteiger partial charge in [0.15, 0.2) is 0 Å². The Morgan fingerprint density at radius 1 is 1.18 bits per heavy atom. The number of likely N-dealkylation sites (tertiary alicyclic amines) is 1. The summed E-state index contributed by atoms with van der Waals surface area (Å²) in [5.41, 5.74) is 0.948. The van der Waals surface area contributed by atoms with E-state index >= 15 is 0 Å². The van der Waals surface area contributed by atoms with Gasteiger partial charge in [-0.25, -0.2) is 13.2 Å². The summed E-state index contributed by atoms with van der Waals surface area (Å²) in [6.45, 7) is 1.37. The maximum absolute atomic E-state index is 12.1. The average molecular weight is 344 g/mol. The van der Waals surface area contributed by atoms with E-state index < -0.39 is 14.3 Å². The highest BCUT2D eigenvalue weighted by Gasteiger charge is 2.46. The molecule has 2 aliphatic rings. The van der Waals surface area contributed by atoms with E-state index in [1.807, 2.05) is 30.3 Å². The molecule has 5 nitrogen and oxygen atoms in total. The fourth-order valence-corrected chi connectivity index (χ4v) is 4.82. The van der Waals surface area contributed by atoms with Gasteiger partial charge in [0, 0.05) is 23.8 Å². The van der Waals surface area contributed by atoms with E-state index in [9.17, 15) is 13.2 Å². The summed E-state index contributed by atoms with van der Waals surface area (Å²) in [6, 6.07) is 9.52. The third-order valence-corrected chi connectivity index (χ3v) is 6.51. The van der Waals surface area contributed by atoms with Crippen molar-refractivity contribution in [3.8, 4) is 0 Å². The van der Waals surface area contributed by atoms with Crippen molar-refractivity contribution in [2.75, 3.05) is 13.1 Å². The normalized spacial score (nSPS) is 27.7. The molecule has 7 heteroatoms. The fraction of sp³-hybridized carbons (Fsp3) is 0.533. The van der Waals surface area contributed by atoms with Crippen molar-refractivity contribution in [2.24, 2.45) is 11.8 Å². The molecule has 1 aliphatic carbocycles. The number of hydrogen-bond acceptors (Lipinski definition) is 4. The van der Waals surface area contributed by atoms with E-state index in [0.717, 1.165) is 5.56 Å². The fourth-order valence-electron chi connectivity index (χ4n) is 3.43. The number of amides is 1. The summed E-state index contributed by atoms with van der Waals surface area (Å²) in [6.07, 6.45) is 0.751. The van der Waals surface area contributed by atoms with Crippen molar-refractivity contribution in [3.05, 3.63) is 35.9 Å². The summed E-state index contributed by atoms with van der Waals surface area (Å²) < 4.78 is 28.1. The molecule has 1 aromatic rings. The highest BCUT2D eigenvalue weighted by Crippen LogP contribution is 2.41. The SMILES string of the molecule is O=C(OCc1ccccc1)N1C[C@H]2CC(S(=O)(=O)Cl)C[C@H]2C1. The number of ether oxygens (including phenoxy) is 1. The first-order valence-electron chi connectivity index (χ1n) is 7.32. The molecule has 1 aromatic carbocycles. The van der Waals surface area contributed by atoms with Gasteiger partial charge in [0.1, 0.15) is 6.61 Å². The van der Waals surface area contributed by atoms with Crippen LogP contribution < -0.4 is 0 Å². The van der Waals surface area contributed by atoms with E-state index in [0.29, 0.717) is 25.9 Å². The molecule has 2 fully saturated rings. The first-order chi connectivity index (χ1) is 10.4. The van der Waals surface area contributed by atoms with E-state index in [-0.39, 0.29) is 24.5 Å². The zero-order valence-electron chi connectivity index (χ0n) is 12.0. The molecule has 1 saturated carbocycles. The van der Waals surface area contributed by atoms with Gasteiger partial charge < -0.3 is 9.64 Å². The van der Waals surface area contributed by atoms with Crippen LogP contribution in [0.3, 0.4) is 0 Å². The Labute approximate surface area is 134 Å². The molecule has 22 heavy (non-hydrogen) atoms. The van der Waals surface area contributed by atoms with Crippen LogP contribution in [0.15, 0.2) is 30.3 Å². The Kier molecular flexibility index (Phi) is 4.32. The lowest BCUT2D eigenvalue weighted by atomic mass is 10.0. The predicted molar refractivity (Wildman–Crippen MR) is 83.0 cm³/mol. The molecule has 0 aromatic heterocycles. The van der Waals surface area contributed by atoms with Crippen molar-refractivity contribution in [2.45, 2.75) is 24.7 Å². The summed E-state index contributed by atoms with van der Waals surface area (Å²) in [7, 11) is 1.94. The molecular formula is C15H18ClNO4S. The van der Waals surface area contributed by atoms with E-state index in [1.54, 1.807) is 4.90 Å². The van der Waals surface area contributed by atoms with Gasteiger partial charge in [0.05, 0.1) is 5.25 Å². The number of halogens is 1. The van der Waals surface area contributed by atoms with Crippen LogP contribution >= 0.6 is 10.7 Å². The smallest absolute Gasteiger partial charge is 0.410 e. The van der Waals surface area contributed by atoms with Gasteiger partial charge in [0.25, 0.3) is 0 Å². The van der Waals surface area contributed by atoms with Gasteiger partial charge in [-0.2, -0.15) is 0 Å². The first kappa shape index (κ1) is 15.6. The number of rotatable bonds is 3. The quantitative estimate of drug-likeness (QED) is 0.791. The monoisotopic (exact) mass is 343 g/mol. The molecule has 1 unspecified atom stereocenters. The Morgan fingerprint density at radius 3 is 2.32 bits per heavy atom. The highest BCUT2D eigenvalue weighted by atomic mass is 35.7. The minimum absolute atomic E-state index is 0.211. The zero-order valence-corrected chi connectivity index (χ0v) is 13.6. The minimum Gasteiger partial charge on any atom is -0.445 e. The molecule has 1 heterocycles. The van der Waals surface area contributed by atoms with Gasteiger partial charge in [-0.05, 0) is 30.2 Å². The summed E-state index contributed by atoms with van der Waals surface area (Å²) in [5, 5.41) is -0.466. The minimum atomic E-state index is -3.49. The first-order valence-corrected chi connectivity index (χ1v) is 9.70. The Hall–Kier alpha value is -1.27. The van der Waals surface area contributed by atoms with Gasteiger partial charge in [-0.1, -0.05) is 30.3 Å². The molecule has 0 N–H and O–H groups in total. The van der Waals surface area contributed by atoms with E-state index in [4.69, 9.17) is 15.4 Å². The Morgan fingerprint density at radius 2 is 1.77 bits per heavy atom. The third-order valence-electron chi connectivity index (χ3n) is 4.57. The largest absolute Gasteiger partial charge is 0.445 e. The molecule has 3 rings (SSSR count). The third kappa shape index (κ3) is 3.38. The van der Waals surface area contributed by atoms with Crippen LogP contribution in [0.4, 0.5) is 4.79 Å². The Balaban J connectivity index is 1.51. The van der Waals surface area contributed by atoms with Crippen LogP contribution in [0.25, 0.3) is 0 Å². The number of carbonyl (C=O) groups excluding carboxylic acids is 1. The maximum atomic E-state index is 12.1. The van der Waals surface area contributed by atoms with E-state index in [1.165, 1.54) is 0 Å². The molecule has 0 radical (unpaired) electrons. The Bertz CT molecular complexity index is 635. The molecule has 0 spiro atoms. The molecular weight excluding hydrogens is 326 g/mol. The number of nitrogens with zero attached hydrogens (tertiary/aromatic N) is 1. The predicted octanol–water partition coefficient (Wildman–Crippen LogP) is 2.60. The molecule has 1 amide bonds. The van der Waals surface area contributed by atoms with Crippen LogP contribution in [-0.2, 0) is 20.4 Å². The lowest BCUT2D eigenvalue weighted by Crippen LogP contribution is -2.31. The zero-order chi connectivity index (χ0) is 15.7. The van der Waals surface area contributed by atoms with Crippen molar-refractivity contribution in [3.63, 3.8) is 0 Å². The van der Waals surface area contributed by atoms with Crippen LogP contribution in [0, 0.1) is 11.8 Å².